The van der Waals surface area contributed by atoms with Crippen LogP contribution in [-0.4, -0.2) is 35.7 Å². The number of methoxy groups -OCH3 is 1. The van der Waals surface area contributed by atoms with Gasteiger partial charge in [0, 0.05) is 42.0 Å². The fraction of sp³-hybridized carbons (Fsp3) is 0.333. The Balaban J connectivity index is 1.54. The predicted octanol–water partition coefficient (Wildman–Crippen LogP) is 4.09. The topological polar surface area (TPSA) is 103 Å². The van der Waals surface area contributed by atoms with Gasteiger partial charge in [-0.1, -0.05) is 18.9 Å². The fourth-order valence-electron chi connectivity index (χ4n) is 3.66. The lowest BCUT2D eigenvalue weighted by Gasteiger charge is -2.11. The number of aromatic nitrogens is 1. The largest absolute Gasteiger partial charge is 0.496 e. The van der Waals surface area contributed by atoms with Crippen molar-refractivity contribution in [3.05, 3.63) is 65.1 Å². The van der Waals surface area contributed by atoms with Crippen LogP contribution in [0.25, 0.3) is 10.9 Å². The van der Waals surface area contributed by atoms with Crippen molar-refractivity contribution in [2.45, 2.75) is 38.5 Å². The first-order valence-electron chi connectivity index (χ1n) is 10.7. The number of hydroxylamine groups is 1. The van der Waals surface area contributed by atoms with Gasteiger partial charge >= 0.3 is 0 Å². The molecule has 0 saturated carbocycles. The van der Waals surface area contributed by atoms with Crippen LogP contribution < -0.4 is 15.5 Å². The van der Waals surface area contributed by atoms with Crippen molar-refractivity contribution in [3.8, 4) is 5.75 Å². The average Bonchev–Trinajstić information content (AvgIpc) is 3.19. The maximum atomic E-state index is 13.6. The van der Waals surface area contributed by atoms with E-state index in [0.29, 0.717) is 37.1 Å². The van der Waals surface area contributed by atoms with Crippen molar-refractivity contribution < 1.29 is 23.9 Å². The van der Waals surface area contributed by atoms with Gasteiger partial charge in [-0.2, -0.15) is 0 Å². The van der Waals surface area contributed by atoms with Crippen molar-refractivity contribution in [1.82, 2.24) is 15.8 Å². The second-order valence-electron chi connectivity index (χ2n) is 7.66. The van der Waals surface area contributed by atoms with E-state index in [2.05, 4.69) is 10.3 Å². The van der Waals surface area contributed by atoms with Crippen molar-refractivity contribution >= 4 is 22.7 Å². The van der Waals surface area contributed by atoms with Gasteiger partial charge in [0.2, 0.25) is 5.91 Å². The minimum Gasteiger partial charge on any atom is -0.496 e. The summed E-state index contributed by atoms with van der Waals surface area (Å²) in [7, 11) is 1.56. The summed E-state index contributed by atoms with van der Waals surface area (Å²) in [4.78, 5) is 26.6. The smallest absolute Gasteiger partial charge is 0.251 e. The number of carbonyl (C=O) groups excluding carboxylic acids is 2. The Morgan fingerprint density at radius 3 is 2.66 bits per heavy atom. The Morgan fingerprint density at radius 1 is 1.06 bits per heavy atom. The molecular formula is C24H28FN3O4. The Morgan fingerprint density at radius 2 is 1.88 bits per heavy atom. The SMILES string of the molecule is COc1cc(C(=O)NCCCCCCC(=O)NO)ccc1Cc1c[nH]c2ccc(F)cc12. The molecule has 3 rings (SSSR count). The summed E-state index contributed by atoms with van der Waals surface area (Å²) in [6.45, 7) is 0.538. The van der Waals surface area contributed by atoms with Gasteiger partial charge in [-0.05, 0) is 54.3 Å². The molecule has 2 aromatic carbocycles. The number of benzene rings is 2. The van der Waals surface area contributed by atoms with Gasteiger partial charge in [0.25, 0.3) is 5.91 Å². The van der Waals surface area contributed by atoms with Crippen LogP contribution in [0.3, 0.4) is 0 Å². The van der Waals surface area contributed by atoms with E-state index in [1.807, 2.05) is 12.3 Å². The zero-order valence-electron chi connectivity index (χ0n) is 18.0. The molecule has 2 amide bonds. The molecule has 170 valence electrons. The lowest BCUT2D eigenvalue weighted by molar-refractivity contribution is -0.129. The first kappa shape index (κ1) is 23.3. The van der Waals surface area contributed by atoms with Crippen LogP contribution in [0.4, 0.5) is 4.39 Å². The third kappa shape index (κ3) is 6.07. The number of hydrogen-bond acceptors (Lipinski definition) is 4. The van der Waals surface area contributed by atoms with Gasteiger partial charge in [0.05, 0.1) is 7.11 Å². The number of H-pyrrole nitrogens is 1. The molecule has 3 aromatic rings. The van der Waals surface area contributed by atoms with Crippen LogP contribution in [-0.2, 0) is 11.2 Å². The van der Waals surface area contributed by atoms with E-state index in [1.54, 1.807) is 30.8 Å². The highest BCUT2D eigenvalue weighted by Gasteiger charge is 2.13. The Hall–Kier alpha value is -3.39. The van der Waals surface area contributed by atoms with Crippen LogP contribution >= 0.6 is 0 Å². The summed E-state index contributed by atoms with van der Waals surface area (Å²) in [5.74, 6) is -0.241. The molecule has 0 bridgehead atoms. The van der Waals surface area contributed by atoms with Gasteiger partial charge < -0.3 is 15.0 Å². The number of carbonyl (C=O) groups is 2. The third-order valence-electron chi connectivity index (χ3n) is 5.40. The normalized spacial score (nSPS) is 10.8. The predicted molar refractivity (Wildman–Crippen MR) is 119 cm³/mol. The molecular weight excluding hydrogens is 413 g/mol. The molecule has 0 unspecified atom stereocenters. The molecule has 0 saturated heterocycles. The Bertz CT molecular complexity index is 1080. The van der Waals surface area contributed by atoms with Gasteiger partial charge in [-0.3, -0.25) is 14.8 Å². The van der Waals surface area contributed by atoms with Crippen molar-refractivity contribution in [3.63, 3.8) is 0 Å². The monoisotopic (exact) mass is 441 g/mol. The maximum Gasteiger partial charge on any atom is 0.251 e. The molecule has 4 N–H and O–H groups in total. The second kappa shape index (κ2) is 11.3. The number of unbranched alkanes of at least 4 members (excludes halogenated alkanes) is 3. The molecule has 0 fully saturated rings. The minimum atomic E-state index is -0.382. The number of ether oxygens (including phenoxy) is 1. The molecule has 8 heteroatoms. The Kier molecular flexibility index (Phi) is 8.21. The van der Waals surface area contributed by atoms with Crippen molar-refractivity contribution in [1.29, 1.82) is 0 Å². The summed E-state index contributed by atoms with van der Waals surface area (Å²) >= 11 is 0. The second-order valence-corrected chi connectivity index (χ2v) is 7.66. The fourth-order valence-corrected chi connectivity index (χ4v) is 3.66. The van der Waals surface area contributed by atoms with E-state index in [4.69, 9.17) is 9.94 Å². The number of fused-ring (bicyclic) bond motifs is 1. The average molecular weight is 442 g/mol. The zero-order chi connectivity index (χ0) is 22.9. The number of rotatable bonds is 11. The van der Waals surface area contributed by atoms with Crippen LogP contribution in [0.5, 0.6) is 5.75 Å². The first-order valence-corrected chi connectivity index (χ1v) is 10.7. The molecule has 0 aliphatic heterocycles. The summed E-state index contributed by atoms with van der Waals surface area (Å²) in [6.07, 6.45) is 5.93. The molecule has 1 aromatic heterocycles. The molecule has 0 radical (unpaired) electrons. The number of nitrogens with one attached hydrogen (secondary N) is 3. The number of aromatic amines is 1. The van der Waals surface area contributed by atoms with E-state index in [0.717, 1.165) is 41.3 Å². The quantitative estimate of drug-likeness (QED) is 0.204. The molecule has 0 spiro atoms. The minimum absolute atomic E-state index is 0.177. The lowest BCUT2D eigenvalue weighted by atomic mass is 10.0. The number of amides is 2. The molecule has 0 atom stereocenters. The highest BCUT2D eigenvalue weighted by atomic mass is 19.1. The van der Waals surface area contributed by atoms with Gasteiger partial charge in [-0.15, -0.1) is 0 Å². The van der Waals surface area contributed by atoms with E-state index in [1.165, 1.54) is 12.1 Å². The summed E-state index contributed by atoms with van der Waals surface area (Å²) in [5.41, 5.74) is 4.84. The van der Waals surface area contributed by atoms with Gasteiger partial charge in [0.1, 0.15) is 11.6 Å². The van der Waals surface area contributed by atoms with Crippen molar-refractivity contribution in [2.75, 3.05) is 13.7 Å². The van der Waals surface area contributed by atoms with Crippen LogP contribution in [0.1, 0.15) is 53.6 Å². The molecule has 7 nitrogen and oxygen atoms in total. The van der Waals surface area contributed by atoms with Crippen LogP contribution in [0.15, 0.2) is 42.6 Å². The van der Waals surface area contributed by atoms with Gasteiger partial charge in [-0.25, -0.2) is 9.87 Å². The van der Waals surface area contributed by atoms with E-state index < -0.39 is 0 Å². The van der Waals surface area contributed by atoms with Crippen molar-refractivity contribution in [2.24, 2.45) is 0 Å². The third-order valence-corrected chi connectivity index (χ3v) is 5.40. The van der Waals surface area contributed by atoms with Gasteiger partial charge in [0.15, 0.2) is 0 Å². The lowest BCUT2D eigenvalue weighted by Crippen LogP contribution is -2.24. The molecule has 0 aliphatic rings. The molecule has 0 aliphatic carbocycles. The maximum absolute atomic E-state index is 13.6. The number of hydrogen-bond donors (Lipinski definition) is 4. The van der Waals surface area contributed by atoms with E-state index >= 15 is 0 Å². The van der Waals surface area contributed by atoms with Crippen LogP contribution in [0, 0.1) is 5.82 Å². The van der Waals surface area contributed by atoms with E-state index in [-0.39, 0.29) is 17.6 Å². The summed E-state index contributed by atoms with van der Waals surface area (Å²) in [6, 6.07) is 9.98. The molecule has 1 heterocycles. The van der Waals surface area contributed by atoms with Crippen LogP contribution in [0.2, 0.25) is 0 Å². The zero-order valence-corrected chi connectivity index (χ0v) is 18.0. The number of halogens is 1. The highest BCUT2D eigenvalue weighted by molar-refractivity contribution is 5.94. The first-order chi connectivity index (χ1) is 15.5. The standard InChI is InChI=1S/C24H28FN3O4/c1-32-22-13-17(24(30)26-11-5-3-2-4-6-23(29)28-31)8-7-16(22)12-18-15-27-21-10-9-19(25)14-20(18)21/h7-10,13-15,27,31H,2-6,11-12H2,1H3,(H,26,30)(H,28,29). The summed E-state index contributed by atoms with van der Waals surface area (Å²) < 4.78 is 19.2. The molecule has 32 heavy (non-hydrogen) atoms. The van der Waals surface area contributed by atoms with E-state index in [9.17, 15) is 14.0 Å². The highest BCUT2D eigenvalue weighted by Crippen LogP contribution is 2.27. The summed E-state index contributed by atoms with van der Waals surface area (Å²) in [5, 5.41) is 12.2. The Labute approximate surface area is 185 Å².